The number of para-hydroxylation sites is 1. The van der Waals surface area contributed by atoms with Gasteiger partial charge in [-0.2, -0.15) is 0 Å². The second-order valence-electron chi connectivity index (χ2n) is 6.25. The van der Waals surface area contributed by atoms with Crippen molar-refractivity contribution in [3.05, 3.63) is 46.7 Å². The van der Waals surface area contributed by atoms with E-state index in [1.807, 2.05) is 41.8 Å². The van der Waals surface area contributed by atoms with Gasteiger partial charge in [0.05, 0.1) is 17.2 Å². The van der Waals surface area contributed by atoms with Crippen LogP contribution in [0.4, 0.5) is 5.69 Å². The summed E-state index contributed by atoms with van der Waals surface area (Å²) in [5, 5.41) is 5.03. The Hall–Kier alpha value is -2.52. The molecule has 1 aromatic carbocycles. The number of primary amides is 1. The molecule has 2 aromatic rings. The molecular formula is C19H22N4O3S2. The Morgan fingerprint density at radius 2 is 1.75 bits per heavy atom. The number of nitrogens with zero attached hydrogens (tertiary/aromatic N) is 2. The summed E-state index contributed by atoms with van der Waals surface area (Å²) in [5.74, 6) is -0.184. The number of nitrogens with two attached hydrogens (primary N) is 1. The molecule has 1 aliphatic rings. The van der Waals surface area contributed by atoms with Crippen LogP contribution in [0.25, 0.3) is 0 Å². The SMILES string of the molecule is NC(=O)CSc1ccccc1NCC(=O)N1CCN(C(=O)c2cccs2)CC1. The lowest BCUT2D eigenvalue weighted by molar-refractivity contribution is -0.130. The molecule has 148 valence electrons. The molecule has 3 N–H and O–H groups in total. The molecule has 0 atom stereocenters. The number of carbonyl (C=O) groups excluding carboxylic acids is 3. The molecule has 1 aliphatic heterocycles. The van der Waals surface area contributed by atoms with Crippen molar-refractivity contribution in [1.82, 2.24) is 9.80 Å². The Balaban J connectivity index is 1.49. The predicted molar refractivity (Wildman–Crippen MR) is 112 cm³/mol. The first-order valence-electron chi connectivity index (χ1n) is 8.89. The van der Waals surface area contributed by atoms with Crippen LogP contribution in [0.5, 0.6) is 0 Å². The van der Waals surface area contributed by atoms with Gasteiger partial charge >= 0.3 is 0 Å². The van der Waals surface area contributed by atoms with Gasteiger partial charge in [0.1, 0.15) is 0 Å². The van der Waals surface area contributed by atoms with E-state index in [2.05, 4.69) is 5.32 Å². The summed E-state index contributed by atoms with van der Waals surface area (Å²) in [4.78, 5) is 41.1. The minimum atomic E-state index is -0.383. The number of nitrogens with one attached hydrogen (secondary N) is 1. The third-order valence-electron chi connectivity index (χ3n) is 4.34. The third kappa shape index (κ3) is 5.26. The molecule has 0 saturated carbocycles. The summed E-state index contributed by atoms with van der Waals surface area (Å²) < 4.78 is 0. The second-order valence-corrected chi connectivity index (χ2v) is 8.22. The second kappa shape index (κ2) is 9.61. The first-order chi connectivity index (χ1) is 13.5. The van der Waals surface area contributed by atoms with E-state index in [0.717, 1.165) is 15.5 Å². The average Bonchev–Trinajstić information content (AvgIpc) is 3.25. The highest BCUT2D eigenvalue weighted by atomic mass is 32.2. The van der Waals surface area contributed by atoms with Crippen LogP contribution in [-0.4, -0.2) is 66.0 Å². The van der Waals surface area contributed by atoms with Gasteiger partial charge in [0, 0.05) is 36.8 Å². The molecule has 0 unspecified atom stereocenters. The van der Waals surface area contributed by atoms with E-state index in [-0.39, 0.29) is 30.0 Å². The Kier molecular flexibility index (Phi) is 6.94. The molecule has 7 nitrogen and oxygen atoms in total. The van der Waals surface area contributed by atoms with Gasteiger partial charge in [-0.15, -0.1) is 23.1 Å². The fourth-order valence-electron chi connectivity index (χ4n) is 2.89. The van der Waals surface area contributed by atoms with Crippen molar-refractivity contribution in [2.24, 2.45) is 5.73 Å². The highest BCUT2D eigenvalue weighted by Gasteiger charge is 2.25. The Morgan fingerprint density at radius 3 is 2.43 bits per heavy atom. The van der Waals surface area contributed by atoms with Crippen molar-refractivity contribution < 1.29 is 14.4 Å². The fraction of sp³-hybridized carbons (Fsp3) is 0.316. The number of piperazine rings is 1. The predicted octanol–water partition coefficient (Wildman–Crippen LogP) is 1.72. The van der Waals surface area contributed by atoms with Crippen LogP contribution in [0.1, 0.15) is 9.67 Å². The van der Waals surface area contributed by atoms with E-state index in [1.165, 1.54) is 23.1 Å². The van der Waals surface area contributed by atoms with E-state index in [4.69, 9.17) is 5.73 Å². The number of hydrogen-bond donors (Lipinski definition) is 2. The van der Waals surface area contributed by atoms with E-state index in [1.54, 1.807) is 9.80 Å². The molecule has 28 heavy (non-hydrogen) atoms. The third-order valence-corrected chi connectivity index (χ3v) is 6.29. The number of benzene rings is 1. The zero-order valence-corrected chi connectivity index (χ0v) is 16.9. The minimum Gasteiger partial charge on any atom is -0.375 e. The number of rotatable bonds is 7. The quantitative estimate of drug-likeness (QED) is 0.668. The lowest BCUT2D eigenvalue weighted by Crippen LogP contribution is -2.51. The molecule has 1 fully saturated rings. The highest BCUT2D eigenvalue weighted by Crippen LogP contribution is 2.26. The van der Waals surface area contributed by atoms with Gasteiger partial charge in [-0.1, -0.05) is 18.2 Å². The normalized spacial score (nSPS) is 14.0. The van der Waals surface area contributed by atoms with Crippen molar-refractivity contribution in [1.29, 1.82) is 0 Å². The first kappa shape index (κ1) is 20.2. The monoisotopic (exact) mass is 418 g/mol. The van der Waals surface area contributed by atoms with E-state index in [9.17, 15) is 14.4 Å². The summed E-state index contributed by atoms with van der Waals surface area (Å²) in [7, 11) is 0. The van der Waals surface area contributed by atoms with Crippen molar-refractivity contribution in [3.8, 4) is 0 Å². The number of anilines is 1. The molecule has 0 spiro atoms. The number of thiophene rings is 1. The smallest absolute Gasteiger partial charge is 0.264 e. The van der Waals surface area contributed by atoms with E-state index < -0.39 is 0 Å². The van der Waals surface area contributed by atoms with Gasteiger partial charge in [0.15, 0.2) is 0 Å². The lowest BCUT2D eigenvalue weighted by atomic mass is 10.2. The van der Waals surface area contributed by atoms with Gasteiger partial charge in [0.2, 0.25) is 11.8 Å². The first-order valence-corrected chi connectivity index (χ1v) is 10.8. The van der Waals surface area contributed by atoms with Crippen LogP contribution in [0.15, 0.2) is 46.7 Å². The number of amides is 3. The summed E-state index contributed by atoms with van der Waals surface area (Å²) in [5.41, 5.74) is 6.00. The lowest BCUT2D eigenvalue weighted by Gasteiger charge is -2.34. The Bertz CT molecular complexity index is 833. The van der Waals surface area contributed by atoms with Gasteiger partial charge in [-0.25, -0.2) is 0 Å². The molecule has 3 rings (SSSR count). The zero-order chi connectivity index (χ0) is 19.9. The van der Waals surface area contributed by atoms with Crippen molar-refractivity contribution in [2.45, 2.75) is 4.90 Å². The maximum absolute atomic E-state index is 12.5. The van der Waals surface area contributed by atoms with Gasteiger partial charge < -0.3 is 20.9 Å². The molecule has 1 saturated heterocycles. The van der Waals surface area contributed by atoms with Crippen molar-refractivity contribution in [2.75, 3.05) is 43.8 Å². The van der Waals surface area contributed by atoms with Crippen LogP contribution in [0, 0.1) is 0 Å². The molecule has 2 heterocycles. The standard InChI is InChI=1S/C19H22N4O3S2/c20-17(24)13-28-15-5-2-1-4-14(15)21-12-18(25)22-7-9-23(10-8-22)19(26)16-6-3-11-27-16/h1-6,11,21H,7-10,12-13H2,(H2,20,24). The van der Waals surface area contributed by atoms with Crippen LogP contribution < -0.4 is 11.1 Å². The van der Waals surface area contributed by atoms with E-state index in [0.29, 0.717) is 26.2 Å². The maximum Gasteiger partial charge on any atom is 0.264 e. The van der Waals surface area contributed by atoms with E-state index >= 15 is 0 Å². The van der Waals surface area contributed by atoms with Crippen LogP contribution in [0.2, 0.25) is 0 Å². The van der Waals surface area contributed by atoms with Gasteiger partial charge in [-0.3, -0.25) is 14.4 Å². The molecule has 9 heteroatoms. The molecule has 1 aromatic heterocycles. The maximum atomic E-state index is 12.5. The van der Waals surface area contributed by atoms with Crippen LogP contribution in [-0.2, 0) is 9.59 Å². The summed E-state index contributed by atoms with van der Waals surface area (Å²) in [6, 6.07) is 11.2. The molecule has 0 radical (unpaired) electrons. The number of carbonyl (C=O) groups is 3. The topological polar surface area (TPSA) is 95.7 Å². The van der Waals surface area contributed by atoms with Crippen LogP contribution in [0.3, 0.4) is 0 Å². The van der Waals surface area contributed by atoms with Crippen molar-refractivity contribution >= 4 is 46.5 Å². The Morgan fingerprint density at radius 1 is 1.04 bits per heavy atom. The zero-order valence-electron chi connectivity index (χ0n) is 15.3. The number of thioether (sulfide) groups is 1. The molecule has 3 amide bonds. The Labute approximate surface area is 171 Å². The number of hydrogen-bond acceptors (Lipinski definition) is 6. The summed E-state index contributed by atoms with van der Waals surface area (Å²) in [6.45, 7) is 2.28. The molecule has 0 bridgehead atoms. The minimum absolute atomic E-state index is 0.0158. The highest BCUT2D eigenvalue weighted by molar-refractivity contribution is 8.00. The van der Waals surface area contributed by atoms with Gasteiger partial charge in [-0.05, 0) is 23.6 Å². The van der Waals surface area contributed by atoms with Gasteiger partial charge in [0.25, 0.3) is 5.91 Å². The summed E-state index contributed by atoms with van der Waals surface area (Å²) in [6.07, 6.45) is 0. The largest absolute Gasteiger partial charge is 0.375 e. The van der Waals surface area contributed by atoms with Crippen molar-refractivity contribution in [3.63, 3.8) is 0 Å². The average molecular weight is 419 g/mol. The summed E-state index contributed by atoms with van der Waals surface area (Å²) >= 11 is 2.77. The molecule has 0 aliphatic carbocycles. The molecular weight excluding hydrogens is 396 g/mol. The van der Waals surface area contributed by atoms with Crippen LogP contribution >= 0.6 is 23.1 Å². The fourth-order valence-corrected chi connectivity index (χ4v) is 4.34.